The molecular formula is C26H29N3O5S. The highest BCUT2D eigenvalue weighted by atomic mass is 32.2. The van der Waals surface area contributed by atoms with Gasteiger partial charge in [-0.2, -0.15) is 5.10 Å². The summed E-state index contributed by atoms with van der Waals surface area (Å²) in [5, 5.41) is 3.99. The highest BCUT2D eigenvalue weighted by molar-refractivity contribution is 7.92. The summed E-state index contributed by atoms with van der Waals surface area (Å²) in [5.41, 5.74) is 5.23. The maximum absolute atomic E-state index is 13.6. The van der Waals surface area contributed by atoms with Crippen LogP contribution in [0.2, 0.25) is 0 Å². The number of hydrazone groups is 1. The van der Waals surface area contributed by atoms with Crippen molar-refractivity contribution in [3.8, 4) is 11.5 Å². The molecule has 1 amide bonds. The summed E-state index contributed by atoms with van der Waals surface area (Å²) in [7, 11) is -0.938. The zero-order valence-electron chi connectivity index (χ0n) is 20.2. The number of amides is 1. The summed E-state index contributed by atoms with van der Waals surface area (Å²) >= 11 is 0. The molecule has 0 fully saturated rings. The van der Waals surface area contributed by atoms with Crippen molar-refractivity contribution >= 4 is 27.8 Å². The lowest BCUT2D eigenvalue weighted by Gasteiger charge is -2.25. The van der Waals surface area contributed by atoms with Crippen molar-refractivity contribution in [2.24, 2.45) is 5.10 Å². The van der Waals surface area contributed by atoms with E-state index in [0.717, 1.165) is 15.4 Å². The first-order valence-corrected chi connectivity index (χ1v) is 12.5. The van der Waals surface area contributed by atoms with E-state index in [1.807, 2.05) is 26.0 Å². The van der Waals surface area contributed by atoms with Crippen molar-refractivity contribution in [2.75, 3.05) is 25.1 Å². The Morgan fingerprint density at radius 1 is 1.03 bits per heavy atom. The SMILES string of the molecule is CCc1ccccc1N(CC(=O)N/N=C\c1ccc(OC)cc1OC)S(=O)(=O)c1ccc(C)cc1. The van der Waals surface area contributed by atoms with Gasteiger partial charge in [0.1, 0.15) is 18.0 Å². The summed E-state index contributed by atoms with van der Waals surface area (Å²) in [6.45, 7) is 3.37. The number of hydrogen-bond acceptors (Lipinski definition) is 6. The van der Waals surface area contributed by atoms with E-state index in [4.69, 9.17) is 9.47 Å². The number of nitrogens with one attached hydrogen (secondary N) is 1. The number of anilines is 1. The number of benzene rings is 3. The molecule has 0 aliphatic carbocycles. The smallest absolute Gasteiger partial charge is 0.264 e. The van der Waals surface area contributed by atoms with Crippen molar-refractivity contribution in [3.05, 3.63) is 83.4 Å². The Hall–Kier alpha value is -3.85. The van der Waals surface area contributed by atoms with Gasteiger partial charge in [-0.25, -0.2) is 13.8 Å². The number of carbonyl (C=O) groups is 1. The lowest BCUT2D eigenvalue weighted by molar-refractivity contribution is -0.119. The van der Waals surface area contributed by atoms with Gasteiger partial charge in [0, 0.05) is 11.6 Å². The fraction of sp³-hybridized carbons (Fsp3) is 0.231. The van der Waals surface area contributed by atoms with Gasteiger partial charge < -0.3 is 9.47 Å². The molecule has 0 aliphatic rings. The van der Waals surface area contributed by atoms with Gasteiger partial charge in [-0.3, -0.25) is 9.10 Å². The van der Waals surface area contributed by atoms with Crippen molar-refractivity contribution in [1.29, 1.82) is 0 Å². The summed E-state index contributed by atoms with van der Waals surface area (Å²) < 4.78 is 38.8. The normalized spacial score (nSPS) is 11.3. The van der Waals surface area contributed by atoms with Crippen molar-refractivity contribution in [3.63, 3.8) is 0 Å². The van der Waals surface area contributed by atoms with E-state index in [1.54, 1.807) is 49.6 Å². The van der Waals surface area contributed by atoms with Crippen LogP contribution in [0.4, 0.5) is 5.69 Å². The van der Waals surface area contributed by atoms with Crippen LogP contribution in [0, 0.1) is 6.92 Å². The molecule has 3 rings (SSSR count). The molecule has 184 valence electrons. The van der Waals surface area contributed by atoms with Gasteiger partial charge in [0.25, 0.3) is 15.9 Å². The average Bonchev–Trinajstić information content (AvgIpc) is 2.87. The molecule has 0 saturated heterocycles. The Morgan fingerprint density at radius 3 is 2.40 bits per heavy atom. The van der Waals surface area contributed by atoms with E-state index in [9.17, 15) is 13.2 Å². The van der Waals surface area contributed by atoms with Crippen LogP contribution in [-0.2, 0) is 21.2 Å². The number of methoxy groups -OCH3 is 2. The topological polar surface area (TPSA) is 97.3 Å². The molecule has 0 aliphatic heterocycles. The zero-order chi connectivity index (χ0) is 25.4. The molecule has 0 unspecified atom stereocenters. The second-order valence-electron chi connectivity index (χ2n) is 7.71. The van der Waals surface area contributed by atoms with Gasteiger partial charge in [-0.05, 0) is 49.2 Å². The Morgan fingerprint density at radius 2 is 1.74 bits per heavy atom. The molecule has 0 spiro atoms. The third-order valence-corrected chi connectivity index (χ3v) is 7.14. The predicted molar refractivity (Wildman–Crippen MR) is 137 cm³/mol. The van der Waals surface area contributed by atoms with Gasteiger partial charge in [0.15, 0.2) is 0 Å². The number of para-hydroxylation sites is 1. The Bertz CT molecular complexity index is 1300. The summed E-state index contributed by atoms with van der Waals surface area (Å²) in [4.78, 5) is 12.9. The summed E-state index contributed by atoms with van der Waals surface area (Å²) in [6, 6.07) is 18.8. The van der Waals surface area contributed by atoms with E-state index in [0.29, 0.717) is 29.2 Å². The minimum absolute atomic E-state index is 0.105. The van der Waals surface area contributed by atoms with Crippen LogP contribution in [0.1, 0.15) is 23.6 Å². The van der Waals surface area contributed by atoms with Crippen molar-refractivity contribution in [1.82, 2.24) is 5.43 Å². The van der Waals surface area contributed by atoms with Crippen LogP contribution in [0.5, 0.6) is 11.5 Å². The van der Waals surface area contributed by atoms with E-state index < -0.39 is 22.5 Å². The first kappa shape index (κ1) is 25.8. The highest BCUT2D eigenvalue weighted by Crippen LogP contribution is 2.28. The quantitative estimate of drug-likeness (QED) is 0.340. The van der Waals surface area contributed by atoms with Gasteiger partial charge in [-0.15, -0.1) is 0 Å². The summed E-state index contributed by atoms with van der Waals surface area (Å²) in [6.07, 6.45) is 2.03. The fourth-order valence-corrected chi connectivity index (χ4v) is 4.91. The lowest BCUT2D eigenvalue weighted by Crippen LogP contribution is -2.40. The molecule has 1 N–H and O–H groups in total. The monoisotopic (exact) mass is 495 g/mol. The molecule has 0 saturated carbocycles. The number of nitrogens with zero attached hydrogens (tertiary/aromatic N) is 2. The van der Waals surface area contributed by atoms with Crippen molar-refractivity contribution in [2.45, 2.75) is 25.2 Å². The number of ether oxygens (including phenoxy) is 2. The Kier molecular flexibility index (Phi) is 8.48. The van der Waals surface area contributed by atoms with E-state index in [2.05, 4.69) is 10.5 Å². The van der Waals surface area contributed by atoms with Crippen LogP contribution in [-0.4, -0.2) is 41.3 Å². The van der Waals surface area contributed by atoms with E-state index >= 15 is 0 Å². The molecular weight excluding hydrogens is 466 g/mol. The second kappa shape index (κ2) is 11.5. The number of carbonyl (C=O) groups excluding carboxylic acids is 1. The maximum Gasteiger partial charge on any atom is 0.264 e. The molecule has 0 bridgehead atoms. The lowest BCUT2D eigenvalue weighted by atomic mass is 10.1. The first-order chi connectivity index (χ1) is 16.8. The molecule has 3 aromatic carbocycles. The largest absolute Gasteiger partial charge is 0.497 e. The van der Waals surface area contributed by atoms with Crippen molar-refractivity contribution < 1.29 is 22.7 Å². The molecule has 8 nitrogen and oxygen atoms in total. The fourth-order valence-electron chi connectivity index (χ4n) is 3.45. The molecule has 9 heteroatoms. The van der Waals surface area contributed by atoms with Crippen LogP contribution in [0.15, 0.2) is 76.7 Å². The minimum Gasteiger partial charge on any atom is -0.497 e. The predicted octanol–water partition coefficient (Wildman–Crippen LogP) is 3.92. The molecule has 0 radical (unpaired) electrons. The van der Waals surface area contributed by atoms with Crippen LogP contribution in [0.3, 0.4) is 0 Å². The third-order valence-electron chi connectivity index (χ3n) is 5.37. The molecule has 0 atom stereocenters. The van der Waals surface area contributed by atoms with Gasteiger partial charge in [-0.1, -0.05) is 42.8 Å². The first-order valence-electron chi connectivity index (χ1n) is 11.0. The van der Waals surface area contributed by atoms with E-state index in [-0.39, 0.29) is 4.90 Å². The molecule has 0 aromatic heterocycles. The second-order valence-corrected chi connectivity index (χ2v) is 9.57. The third kappa shape index (κ3) is 6.19. The number of hydrogen-bond donors (Lipinski definition) is 1. The highest BCUT2D eigenvalue weighted by Gasteiger charge is 2.28. The molecule has 35 heavy (non-hydrogen) atoms. The van der Waals surface area contributed by atoms with Gasteiger partial charge in [0.2, 0.25) is 0 Å². The van der Waals surface area contributed by atoms with Crippen LogP contribution < -0.4 is 19.2 Å². The van der Waals surface area contributed by atoms with Gasteiger partial charge >= 0.3 is 0 Å². The average molecular weight is 496 g/mol. The summed E-state index contributed by atoms with van der Waals surface area (Å²) in [5.74, 6) is 0.549. The minimum atomic E-state index is -4.01. The number of rotatable bonds is 10. The van der Waals surface area contributed by atoms with Gasteiger partial charge in [0.05, 0.1) is 31.0 Å². The Balaban J connectivity index is 1.87. The number of sulfonamides is 1. The molecule has 0 heterocycles. The maximum atomic E-state index is 13.6. The number of aryl methyl sites for hydroxylation is 2. The molecule has 3 aromatic rings. The Labute approximate surface area is 206 Å². The standard InChI is InChI=1S/C26H29N3O5S/c1-5-20-8-6-7-9-24(20)29(35(31,32)23-14-10-19(2)11-15-23)18-26(30)28-27-17-21-12-13-22(33-3)16-25(21)34-4/h6-17H,5,18H2,1-4H3,(H,28,30)/b27-17-. The van der Waals surface area contributed by atoms with Crippen LogP contribution in [0.25, 0.3) is 0 Å². The van der Waals surface area contributed by atoms with E-state index in [1.165, 1.54) is 25.5 Å². The zero-order valence-corrected chi connectivity index (χ0v) is 21.0. The van der Waals surface area contributed by atoms with Crippen LogP contribution >= 0.6 is 0 Å².